The van der Waals surface area contributed by atoms with Gasteiger partial charge in [-0.05, 0) is 100 Å². The van der Waals surface area contributed by atoms with Crippen molar-refractivity contribution in [2.75, 3.05) is 0 Å². The lowest BCUT2D eigenvalue weighted by Crippen LogP contribution is -1.93. The molecule has 0 fully saturated rings. The summed E-state index contributed by atoms with van der Waals surface area (Å²) in [4.78, 5) is 14.8. The van der Waals surface area contributed by atoms with Crippen LogP contribution >= 0.6 is 34.0 Å². The van der Waals surface area contributed by atoms with E-state index in [1.165, 1.54) is 43.1 Å². The highest BCUT2D eigenvalue weighted by molar-refractivity contribution is 7.15. The Kier molecular flexibility index (Phi) is 27.1. The molecule has 0 aliphatic heterocycles. The van der Waals surface area contributed by atoms with Gasteiger partial charge in [0.2, 0.25) is 0 Å². The SMILES string of the molecule is CC(C)Cc1cc(-c2ccccc2)on1.CC(C)Cc1ccon1.CC(C)Cc1cnn(C)c1.Cc1nc(-c2ccccc2)sc1CC(C)C.Cc1nc(CC(C)C)cs1.Cc1nc(CC(C)C)cs1. The Labute approximate surface area is 433 Å². The van der Waals surface area contributed by atoms with Crippen LogP contribution in [-0.4, -0.2) is 35.0 Å². The summed E-state index contributed by atoms with van der Waals surface area (Å²) >= 11 is 5.30. The number of rotatable bonds is 14. The first kappa shape index (κ1) is 59.3. The van der Waals surface area contributed by atoms with Crippen molar-refractivity contribution in [2.45, 2.75) is 142 Å². The second kappa shape index (κ2) is 32.0. The van der Waals surface area contributed by atoms with Crippen molar-refractivity contribution in [1.82, 2.24) is 35.0 Å². The van der Waals surface area contributed by atoms with Gasteiger partial charge in [0.15, 0.2) is 5.76 Å². The molecule has 0 saturated carbocycles. The van der Waals surface area contributed by atoms with Crippen LogP contribution in [0, 0.1) is 56.3 Å². The average molecular weight is 1010 g/mol. The molecular formula is C58H83N7O2S3. The van der Waals surface area contributed by atoms with Crippen LogP contribution in [0.4, 0.5) is 0 Å². The molecule has 0 aliphatic carbocycles. The Morgan fingerprint density at radius 1 is 0.529 bits per heavy atom. The lowest BCUT2D eigenvalue weighted by molar-refractivity contribution is 0.407. The van der Waals surface area contributed by atoms with E-state index in [-0.39, 0.29) is 0 Å². The number of hydrogen-bond donors (Lipinski definition) is 0. The van der Waals surface area contributed by atoms with Gasteiger partial charge in [0.05, 0.1) is 44.7 Å². The monoisotopic (exact) mass is 1010 g/mol. The summed E-state index contributed by atoms with van der Waals surface area (Å²) in [6, 6.07) is 24.4. The quantitative estimate of drug-likeness (QED) is 0.106. The first-order valence-corrected chi connectivity index (χ1v) is 27.5. The Morgan fingerprint density at radius 2 is 1.01 bits per heavy atom. The maximum absolute atomic E-state index is 5.30. The van der Waals surface area contributed by atoms with Gasteiger partial charge in [0.1, 0.15) is 11.3 Å². The highest BCUT2D eigenvalue weighted by Gasteiger charge is 2.11. The van der Waals surface area contributed by atoms with Crippen molar-refractivity contribution in [3.63, 3.8) is 0 Å². The molecule has 380 valence electrons. The molecule has 0 unspecified atom stereocenters. The van der Waals surface area contributed by atoms with Crippen molar-refractivity contribution in [2.24, 2.45) is 42.6 Å². The first-order chi connectivity index (χ1) is 33.3. The molecule has 0 bridgehead atoms. The van der Waals surface area contributed by atoms with E-state index in [1.54, 1.807) is 28.9 Å². The molecule has 0 atom stereocenters. The molecule has 6 aromatic heterocycles. The lowest BCUT2D eigenvalue weighted by Gasteiger charge is -2.00. The standard InChI is InChI=1S/C14H17NS.C13H15NO.C8H14N2.2C8H13NS.C7H11NO/c1-10(2)9-13-11(3)15-14(16-13)12-7-5-4-6-8-12;1-10(2)8-12-9-13(15-14-12)11-6-4-3-5-7-11;1-7(2)4-8-5-9-10(3)6-8;2*1-6(2)4-8-5-10-7(3)9-8;1-6(2)5-7-3-4-9-8-7/h4-8,10H,9H2,1-3H3;3-7,9-10H,8H2,1-2H3;5-7H,4H2,1-3H3;2*5-6H,4H2,1-3H3;3-4,6H,5H2,1-2H3. The molecule has 2 aromatic carbocycles. The van der Waals surface area contributed by atoms with Crippen LogP contribution in [0.2, 0.25) is 0 Å². The van der Waals surface area contributed by atoms with Crippen LogP contribution in [0.25, 0.3) is 21.9 Å². The topological polar surface area (TPSA) is 109 Å². The number of thiazole rings is 3. The van der Waals surface area contributed by atoms with Gasteiger partial charge in [0, 0.05) is 52.1 Å². The number of nitrogens with zero attached hydrogens (tertiary/aromatic N) is 7. The summed E-state index contributed by atoms with van der Waals surface area (Å²) in [6.07, 6.45) is 12.1. The number of benzene rings is 2. The highest BCUT2D eigenvalue weighted by atomic mass is 32.1. The summed E-state index contributed by atoms with van der Waals surface area (Å²) in [5.74, 6) is 5.00. The molecule has 0 saturated heterocycles. The molecule has 0 N–H and O–H groups in total. The van der Waals surface area contributed by atoms with E-state index in [4.69, 9.17) is 4.52 Å². The Bertz CT molecular complexity index is 2420. The van der Waals surface area contributed by atoms with E-state index in [9.17, 15) is 0 Å². The number of hydrogen-bond acceptors (Lipinski definition) is 11. The van der Waals surface area contributed by atoms with E-state index < -0.39 is 0 Å². The van der Waals surface area contributed by atoms with Crippen molar-refractivity contribution < 1.29 is 9.05 Å². The van der Waals surface area contributed by atoms with E-state index in [0.717, 1.165) is 84.0 Å². The Morgan fingerprint density at radius 3 is 1.44 bits per heavy atom. The predicted octanol–water partition coefficient (Wildman–Crippen LogP) is 16.6. The molecule has 6 heterocycles. The average Bonchev–Trinajstić information content (AvgIpc) is 4.17. The third-order valence-corrected chi connectivity index (χ3v) is 12.7. The molecular weight excluding hydrogens is 923 g/mol. The molecule has 0 radical (unpaired) electrons. The van der Waals surface area contributed by atoms with Gasteiger partial charge in [-0.3, -0.25) is 4.68 Å². The van der Waals surface area contributed by atoms with Gasteiger partial charge in [0.25, 0.3) is 0 Å². The van der Waals surface area contributed by atoms with Crippen LogP contribution in [-0.2, 0) is 45.6 Å². The van der Waals surface area contributed by atoms with Gasteiger partial charge < -0.3 is 9.05 Å². The zero-order valence-corrected chi connectivity index (χ0v) is 47.6. The summed E-state index contributed by atoms with van der Waals surface area (Å²) in [7, 11) is 1.95. The third kappa shape index (κ3) is 25.2. The normalized spacial score (nSPS) is 10.8. The van der Waals surface area contributed by atoms with Gasteiger partial charge in [-0.25, -0.2) is 15.0 Å². The predicted molar refractivity (Wildman–Crippen MR) is 299 cm³/mol. The highest BCUT2D eigenvalue weighted by Crippen LogP contribution is 2.29. The van der Waals surface area contributed by atoms with Crippen LogP contribution in [0.3, 0.4) is 0 Å². The minimum atomic E-state index is 0.610. The number of aromatic nitrogens is 7. The maximum atomic E-state index is 5.30. The molecule has 0 spiro atoms. The zero-order valence-electron chi connectivity index (χ0n) is 45.2. The number of aryl methyl sites for hydroxylation is 4. The molecule has 9 nitrogen and oxygen atoms in total. The third-order valence-electron chi connectivity index (χ3n) is 9.82. The second-order valence-corrected chi connectivity index (χ2v) is 23.5. The van der Waals surface area contributed by atoms with E-state index in [2.05, 4.69) is 180 Å². The molecule has 70 heavy (non-hydrogen) atoms. The van der Waals surface area contributed by atoms with Crippen molar-refractivity contribution >= 4 is 34.0 Å². The Hall–Kier alpha value is -5.04. The Balaban J connectivity index is 0.000000226. The minimum absolute atomic E-state index is 0.610. The zero-order chi connectivity index (χ0) is 51.6. The van der Waals surface area contributed by atoms with Gasteiger partial charge in [-0.15, -0.1) is 34.0 Å². The first-order valence-electron chi connectivity index (χ1n) is 25.0. The van der Waals surface area contributed by atoms with Crippen LogP contribution in [0.5, 0.6) is 0 Å². The summed E-state index contributed by atoms with van der Waals surface area (Å²) in [6.45, 7) is 32.7. The molecule has 8 aromatic rings. The summed E-state index contributed by atoms with van der Waals surface area (Å²) in [5.41, 5.74) is 9.41. The molecule has 0 aliphatic rings. The van der Waals surface area contributed by atoms with E-state index in [0.29, 0.717) is 17.8 Å². The molecule has 12 heteroatoms. The van der Waals surface area contributed by atoms with E-state index in [1.807, 2.05) is 77.8 Å². The van der Waals surface area contributed by atoms with Gasteiger partial charge >= 0.3 is 0 Å². The smallest absolute Gasteiger partial charge is 0.167 e. The van der Waals surface area contributed by atoms with Crippen molar-refractivity contribution in [3.05, 3.63) is 151 Å². The second-order valence-electron chi connectivity index (χ2n) is 20.3. The minimum Gasteiger partial charge on any atom is -0.365 e. The van der Waals surface area contributed by atoms with Crippen molar-refractivity contribution in [1.29, 1.82) is 0 Å². The fourth-order valence-corrected chi connectivity index (χ4v) is 9.44. The largest absolute Gasteiger partial charge is 0.365 e. The lowest BCUT2D eigenvalue weighted by atomic mass is 10.1. The maximum Gasteiger partial charge on any atom is 0.167 e. The van der Waals surface area contributed by atoms with Crippen LogP contribution in [0.1, 0.15) is 132 Å². The van der Waals surface area contributed by atoms with E-state index >= 15 is 0 Å². The van der Waals surface area contributed by atoms with Crippen molar-refractivity contribution in [3.8, 4) is 21.9 Å². The molecule has 0 amide bonds. The van der Waals surface area contributed by atoms with Gasteiger partial charge in [-0.2, -0.15) is 5.10 Å². The van der Waals surface area contributed by atoms with Crippen LogP contribution in [0.15, 0.2) is 111 Å². The van der Waals surface area contributed by atoms with Gasteiger partial charge in [-0.1, -0.05) is 154 Å². The summed E-state index contributed by atoms with van der Waals surface area (Å²) < 4.78 is 11.8. The fourth-order valence-electron chi connectivity index (χ4n) is 6.91. The fraction of sp³-hybridized carbons (Fsp3) is 0.483. The van der Waals surface area contributed by atoms with Crippen LogP contribution < -0.4 is 0 Å². The molecule has 8 rings (SSSR count). The summed E-state index contributed by atoms with van der Waals surface area (Å²) in [5, 5.41) is 19.7.